The molecule has 1 aromatic rings. The van der Waals surface area contributed by atoms with Gasteiger partial charge in [-0.1, -0.05) is 15.9 Å². The van der Waals surface area contributed by atoms with Gasteiger partial charge in [0.2, 0.25) is 0 Å². The molecule has 2 rings (SSSR count). The molecule has 1 amide bonds. The van der Waals surface area contributed by atoms with Gasteiger partial charge in [0.15, 0.2) is 0 Å². The largest absolute Gasteiger partial charge is 0.496 e. The quantitative estimate of drug-likeness (QED) is 0.888. The second-order valence-corrected chi connectivity index (χ2v) is 5.63. The van der Waals surface area contributed by atoms with Crippen LogP contribution in [-0.4, -0.2) is 45.5 Å². The first-order valence-electron chi connectivity index (χ1n) is 6.35. The van der Waals surface area contributed by atoms with E-state index in [0.717, 1.165) is 10.9 Å². The van der Waals surface area contributed by atoms with Crippen LogP contribution < -0.4 is 10.1 Å². The van der Waals surface area contributed by atoms with Crippen LogP contribution in [-0.2, 0) is 9.47 Å². The average Bonchev–Trinajstić information content (AvgIpc) is 2.94. The molecule has 1 fully saturated rings. The molecule has 0 spiro atoms. The van der Waals surface area contributed by atoms with Crippen molar-refractivity contribution in [2.45, 2.75) is 12.0 Å². The van der Waals surface area contributed by atoms with Crippen molar-refractivity contribution in [3.05, 3.63) is 28.2 Å². The zero-order valence-electron chi connectivity index (χ0n) is 11.6. The predicted molar refractivity (Wildman–Crippen MR) is 78.2 cm³/mol. The Balaban J connectivity index is 2.05. The topological polar surface area (TPSA) is 56.8 Å². The summed E-state index contributed by atoms with van der Waals surface area (Å²) < 4.78 is 16.9. The fourth-order valence-corrected chi connectivity index (χ4v) is 2.49. The minimum Gasteiger partial charge on any atom is -0.496 e. The summed E-state index contributed by atoms with van der Waals surface area (Å²) in [5, 5.41) is 2.89. The lowest BCUT2D eigenvalue weighted by Crippen LogP contribution is -2.45. The molecule has 1 N–H and O–H groups in total. The summed E-state index contributed by atoms with van der Waals surface area (Å²) in [7, 11) is 3.18. The molecule has 1 aliphatic heterocycles. The highest BCUT2D eigenvalue weighted by Crippen LogP contribution is 2.25. The lowest BCUT2D eigenvalue weighted by Gasteiger charge is -2.26. The monoisotopic (exact) mass is 343 g/mol. The number of carbonyl (C=O) groups is 1. The molecule has 0 saturated carbocycles. The highest BCUT2D eigenvalue weighted by Gasteiger charge is 2.35. The molecule has 20 heavy (non-hydrogen) atoms. The van der Waals surface area contributed by atoms with E-state index in [9.17, 15) is 4.79 Å². The molecule has 1 aromatic carbocycles. The molecule has 0 bridgehead atoms. The Kier molecular flexibility index (Phi) is 5.01. The number of hydrogen-bond donors (Lipinski definition) is 1. The van der Waals surface area contributed by atoms with Gasteiger partial charge in [-0.15, -0.1) is 0 Å². The van der Waals surface area contributed by atoms with Crippen molar-refractivity contribution in [1.29, 1.82) is 0 Å². The van der Waals surface area contributed by atoms with Crippen molar-refractivity contribution in [1.82, 2.24) is 5.32 Å². The molecule has 1 atom stereocenters. The normalized spacial score (nSPS) is 21.8. The minimum atomic E-state index is -0.418. The maximum Gasteiger partial charge on any atom is 0.255 e. The molecule has 6 heteroatoms. The first-order chi connectivity index (χ1) is 9.60. The number of rotatable bonds is 5. The lowest BCUT2D eigenvalue weighted by atomic mass is 10.0. The summed E-state index contributed by atoms with van der Waals surface area (Å²) in [5.74, 6) is 0.351. The fourth-order valence-electron chi connectivity index (χ4n) is 2.15. The van der Waals surface area contributed by atoms with E-state index >= 15 is 0 Å². The van der Waals surface area contributed by atoms with Gasteiger partial charge in [0.05, 0.1) is 19.3 Å². The molecule has 110 valence electrons. The van der Waals surface area contributed by atoms with E-state index in [4.69, 9.17) is 14.2 Å². The van der Waals surface area contributed by atoms with E-state index in [0.29, 0.717) is 31.1 Å². The Hall–Kier alpha value is -1.11. The number of halogens is 1. The number of methoxy groups -OCH3 is 2. The van der Waals surface area contributed by atoms with Crippen LogP contribution in [0.4, 0.5) is 0 Å². The number of carbonyl (C=O) groups excluding carboxylic acids is 1. The van der Waals surface area contributed by atoms with Gasteiger partial charge in [0.25, 0.3) is 5.91 Å². The summed E-state index contributed by atoms with van der Waals surface area (Å²) in [4.78, 5) is 12.2. The van der Waals surface area contributed by atoms with Crippen molar-refractivity contribution < 1.29 is 19.0 Å². The Morgan fingerprint density at radius 1 is 1.50 bits per heavy atom. The van der Waals surface area contributed by atoms with Gasteiger partial charge in [0.1, 0.15) is 11.4 Å². The number of amides is 1. The van der Waals surface area contributed by atoms with Gasteiger partial charge in [0, 0.05) is 31.2 Å². The van der Waals surface area contributed by atoms with Crippen molar-refractivity contribution in [2.24, 2.45) is 0 Å². The lowest BCUT2D eigenvalue weighted by molar-refractivity contribution is -0.0148. The van der Waals surface area contributed by atoms with Crippen LogP contribution >= 0.6 is 15.9 Å². The van der Waals surface area contributed by atoms with Gasteiger partial charge in [-0.2, -0.15) is 0 Å². The van der Waals surface area contributed by atoms with Gasteiger partial charge in [-0.05, 0) is 18.2 Å². The SMILES string of the molecule is COc1cc(Br)ccc1C(=O)NCC1(OC)CCOC1. The molecule has 1 aliphatic rings. The van der Waals surface area contributed by atoms with E-state index in [2.05, 4.69) is 21.2 Å². The molecule has 1 heterocycles. The molecular formula is C14H18BrNO4. The van der Waals surface area contributed by atoms with Crippen LogP contribution in [0.5, 0.6) is 5.75 Å². The maximum absolute atomic E-state index is 12.2. The number of benzene rings is 1. The molecule has 0 radical (unpaired) electrons. The van der Waals surface area contributed by atoms with Crippen LogP contribution in [0.3, 0.4) is 0 Å². The first-order valence-corrected chi connectivity index (χ1v) is 7.14. The molecule has 0 aliphatic carbocycles. The molecular weight excluding hydrogens is 326 g/mol. The third-order valence-electron chi connectivity index (χ3n) is 3.48. The van der Waals surface area contributed by atoms with Gasteiger partial charge in [-0.3, -0.25) is 4.79 Å². The highest BCUT2D eigenvalue weighted by atomic mass is 79.9. The van der Waals surface area contributed by atoms with E-state index < -0.39 is 5.60 Å². The first kappa shape index (κ1) is 15.3. The minimum absolute atomic E-state index is 0.183. The van der Waals surface area contributed by atoms with Crippen LogP contribution in [0.2, 0.25) is 0 Å². The third kappa shape index (κ3) is 3.31. The Morgan fingerprint density at radius 3 is 2.90 bits per heavy atom. The summed E-state index contributed by atoms with van der Waals surface area (Å²) in [5.41, 5.74) is 0.0824. The highest BCUT2D eigenvalue weighted by molar-refractivity contribution is 9.10. The Morgan fingerprint density at radius 2 is 2.30 bits per heavy atom. The van der Waals surface area contributed by atoms with Gasteiger partial charge < -0.3 is 19.5 Å². The molecule has 1 saturated heterocycles. The van der Waals surface area contributed by atoms with Gasteiger partial charge >= 0.3 is 0 Å². The number of hydrogen-bond acceptors (Lipinski definition) is 4. The van der Waals surface area contributed by atoms with Crippen molar-refractivity contribution in [3.63, 3.8) is 0 Å². The molecule has 1 unspecified atom stereocenters. The maximum atomic E-state index is 12.2. The number of ether oxygens (including phenoxy) is 3. The Labute approximate surface area is 126 Å². The summed E-state index contributed by atoms with van der Waals surface area (Å²) in [6.07, 6.45) is 0.779. The van der Waals surface area contributed by atoms with E-state index in [1.54, 1.807) is 26.4 Å². The van der Waals surface area contributed by atoms with Crippen molar-refractivity contribution >= 4 is 21.8 Å². The van der Waals surface area contributed by atoms with Crippen LogP contribution in [0, 0.1) is 0 Å². The zero-order valence-corrected chi connectivity index (χ0v) is 13.2. The zero-order chi connectivity index (χ0) is 14.6. The number of nitrogens with one attached hydrogen (secondary N) is 1. The summed E-state index contributed by atoms with van der Waals surface area (Å²) in [6, 6.07) is 5.30. The van der Waals surface area contributed by atoms with Crippen molar-refractivity contribution in [3.8, 4) is 5.75 Å². The Bertz CT molecular complexity index is 486. The standard InChI is InChI=1S/C14H18BrNO4/c1-18-12-7-10(15)3-4-11(12)13(17)16-8-14(19-2)5-6-20-9-14/h3-4,7H,5-6,8-9H2,1-2H3,(H,16,17). The van der Waals surface area contributed by atoms with Crippen LogP contribution in [0.15, 0.2) is 22.7 Å². The molecule has 0 aromatic heterocycles. The summed E-state index contributed by atoms with van der Waals surface area (Å²) >= 11 is 3.35. The predicted octanol–water partition coefficient (Wildman–Crippen LogP) is 1.99. The van der Waals surface area contributed by atoms with Crippen LogP contribution in [0.1, 0.15) is 16.8 Å². The van der Waals surface area contributed by atoms with E-state index in [1.807, 2.05) is 6.07 Å². The second kappa shape index (κ2) is 6.56. The average molecular weight is 344 g/mol. The third-order valence-corrected chi connectivity index (χ3v) is 3.97. The smallest absolute Gasteiger partial charge is 0.255 e. The van der Waals surface area contributed by atoms with Crippen LogP contribution in [0.25, 0.3) is 0 Å². The molecule has 5 nitrogen and oxygen atoms in total. The summed E-state index contributed by atoms with van der Waals surface area (Å²) in [6.45, 7) is 1.58. The second-order valence-electron chi connectivity index (χ2n) is 4.72. The van der Waals surface area contributed by atoms with Gasteiger partial charge in [-0.25, -0.2) is 0 Å². The van der Waals surface area contributed by atoms with E-state index in [1.165, 1.54) is 0 Å². The van der Waals surface area contributed by atoms with Crippen molar-refractivity contribution in [2.75, 3.05) is 34.0 Å². The van der Waals surface area contributed by atoms with E-state index in [-0.39, 0.29) is 5.91 Å². The fraction of sp³-hybridized carbons (Fsp3) is 0.500.